The van der Waals surface area contributed by atoms with E-state index >= 15 is 0 Å². The second kappa shape index (κ2) is 6.07. The van der Waals surface area contributed by atoms with Crippen LogP contribution in [-0.4, -0.2) is 55.3 Å². The molecule has 0 aromatic carbocycles. The first-order valence-electron chi connectivity index (χ1n) is 7.39. The highest BCUT2D eigenvalue weighted by Gasteiger charge is 2.49. The van der Waals surface area contributed by atoms with Crippen molar-refractivity contribution in [1.82, 2.24) is 14.7 Å². The van der Waals surface area contributed by atoms with Gasteiger partial charge in [0.05, 0.1) is 21.9 Å². The summed E-state index contributed by atoms with van der Waals surface area (Å²) >= 11 is 1.46. The number of carbonyl (C=O) groups is 2. The number of aryl methyl sites for hydroxylation is 2. The van der Waals surface area contributed by atoms with Gasteiger partial charge in [0.25, 0.3) is 0 Å². The summed E-state index contributed by atoms with van der Waals surface area (Å²) in [6.45, 7) is 8.01. The maximum Gasteiger partial charge on any atom is 0.410 e. The van der Waals surface area contributed by atoms with Crippen molar-refractivity contribution in [3.05, 3.63) is 11.8 Å². The number of ether oxygens (including phenoxy) is 1. The largest absolute Gasteiger partial charge is 0.481 e. The minimum atomic E-state index is -0.875. The zero-order chi connectivity index (χ0) is 17.4. The molecular formula is C15H23N3O4S. The number of carboxylic acid groups (broad SMARTS) is 1. The maximum absolute atomic E-state index is 12.1. The Morgan fingerprint density at radius 3 is 2.48 bits per heavy atom. The highest BCUT2D eigenvalue weighted by Crippen LogP contribution is 2.43. The molecule has 0 spiro atoms. The smallest absolute Gasteiger partial charge is 0.410 e. The molecule has 2 rings (SSSR count). The number of amides is 1. The summed E-state index contributed by atoms with van der Waals surface area (Å²) in [5.74, 6) is -0.875. The third kappa shape index (κ3) is 4.40. The van der Waals surface area contributed by atoms with Crippen LogP contribution in [-0.2, 0) is 16.6 Å². The molecule has 0 atom stereocenters. The quantitative estimate of drug-likeness (QED) is 0.904. The molecule has 128 valence electrons. The van der Waals surface area contributed by atoms with E-state index in [2.05, 4.69) is 5.10 Å². The number of rotatable bonds is 4. The molecule has 0 unspecified atom stereocenters. The van der Waals surface area contributed by atoms with Crippen LogP contribution in [0.15, 0.2) is 11.1 Å². The highest BCUT2D eigenvalue weighted by molar-refractivity contribution is 8.00. The van der Waals surface area contributed by atoms with Crippen molar-refractivity contribution in [3.63, 3.8) is 0 Å². The predicted molar refractivity (Wildman–Crippen MR) is 86.6 cm³/mol. The second-order valence-electron chi connectivity index (χ2n) is 6.94. The van der Waals surface area contributed by atoms with Gasteiger partial charge in [-0.3, -0.25) is 9.48 Å². The number of likely N-dealkylation sites (tertiary alicyclic amines) is 1. The van der Waals surface area contributed by atoms with Crippen molar-refractivity contribution in [1.29, 1.82) is 0 Å². The number of aromatic nitrogens is 2. The third-order valence-electron chi connectivity index (χ3n) is 3.36. The van der Waals surface area contributed by atoms with Crippen molar-refractivity contribution in [3.8, 4) is 0 Å². The summed E-state index contributed by atoms with van der Waals surface area (Å²) in [7, 11) is 1.83. The first-order chi connectivity index (χ1) is 10.5. The zero-order valence-corrected chi connectivity index (χ0v) is 14.9. The molecule has 1 amide bonds. The number of aliphatic carboxylic acids is 1. The van der Waals surface area contributed by atoms with Gasteiger partial charge in [-0.2, -0.15) is 5.10 Å². The van der Waals surface area contributed by atoms with Gasteiger partial charge in [0.2, 0.25) is 0 Å². The molecule has 23 heavy (non-hydrogen) atoms. The number of carbonyl (C=O) groups excluding carboxylic acids is 1. The van der Waals surface area contributed by atoms with Crippen LogP contribution >= 0.6 is 11.8 Å². The standard InChI is InChI=1S/C15H23N3O4S/c1-10-6-11(17(5)16-10)23-15(7-12(19)20)8-18(9-15)13(21)22-14(2,3)4/h6H,7-9H2,1-5H3,(H,19,20). The van der Waals surface area contributed by atoms with E-state index in [1.807, 2.05) is 40.8 Å². The number of thioether (sulfide) groups is 1. The topological polar surface area (TPSA) is 84.7 Å². The first kappa shape index (κ1) is 17.7. The molecule has 1 aliphatic rings. The molecule has 1 aromatic rings. The molecule has 1 saturated heterocycles. The lowest BCUT2D eigenvalue weighted by atomic mass is 9.95. The van der Waals surface area contributed by atoms with Crippen molar-refractivity contribution in [2.75, 3.05) is 13.1 Å². The summed E-state index contributed by atoms with van der Waals surface area (Å²) in [6, 6.07) is 1.92. The van der Waals surface area contributed by atoms with Gasteiger partial charge in [0, 0.05) is 20.1 Å². The van der Waals surface area contributed by atoms with Crippen LogP contribution in [0.3, 0.4) is 0 Å². The lowest BCUT2D eigenvalue weighted by Crippen LogP contribution is -2.62. The fraction of sp³-hybridized carbons (Fsp3) is 0.667. The molecule has 0 aliphatic carbocycles. The summed E-state index contributed by atoms with van der Waals surface area (Å²) < 4.78 is 6.53. The monoisotopic (exact) mass is 341 g/mol. The fourth-order valence-electron chi connectivity index (χ4n) is 2.50. The molecule has 2 heterocycles. The molecule has 0 radical (unpaired) electrons. The number of hydrogen-bond donors (Lipinski definition) is 1. The van der Waals surface area contributed by atoms with Crippen molar-refractivity contribution < 1.29 is 19.4 Å². The Morgan fingerprint density at radius 1 is 1.43 bits per heavy atom. The predicted octanol–water partition coefficient (Wildman–Crippen LogP) is 2.28. The number of carboxylic acids is 1. The minimum Gasteiger partial charge on any atom is -0.481 e. The second-order valence-corrected chi connectivity index (χ2v) is 8.43. The van der Waals surface area contributed by atoms with Gasteiger partial charge in [-0.1, -0.05) is 11.8 Å². The molecule has 0 bridgehead atoms. The molecule has 1 aliphatic heterocycles. The van der Waals surface area contributed by atoms with Gasteiger partial charge in [-0.25, -0.2) is 4.79 Å². The number of hydrogen-bond acceptors (Lipinski definition) is 5. The average molecular weight is 341 g/mol. The van der Waals surface area contributed by atoms with Gasteiger partial charge >= 0.3 is 12.1 Å². The molecule has 1 fully saturated rings. The van der Waals surface area contributed by atoms with E-state index in [1.165, 1.54) is 11.8 Å². The van der Waals surface area contributed by atoms with E-state index < -0.39 is 22.4 Å². The molecule has 7 nitrogen and oxygen atoms in total. The van der Waals surface area contributed by atoms with Crippen molar-refractivity contribution in [2.24, 2.45) is 7.05 Å². The van der Waals surface area contributed by atoms with Gasteiger partial charge < -0.3 is 14.7 Å². The van der Waals surface area contributed by atoms with Crippen LogP contribution in [0.1, 0.15) is 32.9 Å². The van der Waals surface area contributed by atoms with Crippen LogP contribution in [0.4, 0.5) is 4.79 Å². The fourth-order valence-corrected chi connectivity index (χ4v) is 3.98. The first-order valence-corrected chi connectivity index (χ1v) is 8.21. The third-order valence-corrected chi connectivity index (χ3v) is 4.79. The van der Waals surface area contributed by atoms with Crippen LogP contribution in [0, 0.1) is 6.92 Å². The van der Waals surface area contributed by atoms with Gasteiger partial charge in [-0.15, -0.1) is 0 Å². The lowest BCUT2D eigenvalue weighted by molar-refractivity contribution is -0.138. The number of nitrogens with zero attached hydrogens (tertiary/aromatic N) is 3. The molecule has 0 saturated carbocycles. The Morgan fingerprint density at radius 2 is 2.04 bits per heavy atom. The Balaban J connectivity index is 2.07. The zero-order valence-electron chi connectivity index (χ0n) is 14.1. The Labute approximate surface area is 140 Å². The minimum absolute atomic E-state index is 0.0127. The average Bonchev–Trinajstić information content (AvgIpc) is 2.60. The van der Waals surface area contributed by atoms with Crippen LogP contribution in [0.5, 0.6) is 0 Å². The normalized spacial score (nSPS) is 16.8. The Bertz CT molecular complexity index is 615. The Hall–Kier alpha value is -1.70. The highest BCUT2D eigenvalue weighted by atomic mass is 32.2. The maximum atomic E-state index is 12.1. The van der Waals surface area contributed by atoms with Gasteiger partial charge in [0.1, 0.15) is 5.60 Å². The van der Waals surface area contributed by atoms with Crippen LogP contribution < -0.4 is 0 Å². The summed E-state index contributed by atoms with van der Waals surface area (Å²) in [5, 5.41) is 14.4. The summed E-state index contributed by atoms with van der Waals surface area (Å²) in [4.78, 5) is 24.8. The van der Waals surface area contributed by atoms with E-state index in [0.29, 0.717) is 13.1 Å². The van der Waals surface area contributed by atoms with Gasteiger partial charge in [-0.05, 0) is 33.8 Å². The van der Waals surface area contributed by atoms with Crippen molar-refractivity contribution in [2.45, 2.75) is 49.5 Å². The SMILES string of the molecule is Cc1cc(SC2(CC(=O)O)CN(C(=O)OC(C)(C)C)C2)n(C)n1. The van der Waals surface area contributed by atoms with Crippen LogP contribution in [0.25, 0.3) is 0 Å². The molecule has 1 N–H and O–H groups in total. The van der Waals surface area contributed by atoms with Crippen molar-refractivity contribution >= 4 is 23.8 Å². The van der Waals surface area contributed by atoms with E-state index in [4.69, 9.17) is 4.74 Å². The Kier molecular flexibility index (Phi) is 4.66. The lowest BCUT2D eigenvalue weighted by Gasteiger charge is -2.48. The van der Waals surface area contributed by atoms with E-state index in [0.717, 1.165) is 10.7 Å². The summed E-state index contributed by atoms with van der Waals surface area (Å²) in [5.41, 5.74) is 0.317. The van der Waals surface area contributed by atoms with E-state index in [-0.39, 0.29) is 6.42 Å². The van der Waals surface area contributed by atoms with E-state index in [9.17, 15) is 14.7 Å². The van der Waals surface area contributed by atoms with Crippen LogP contribution in [0.2, 0.25) is 0 Å². The van der Waals surface area contributed by atoms with Gasteiger partial charge in [0.15, 0.2) is 0 Å². The van der Waals surface area contributed by atoms with E-state index in [1.54, 1.807) is 9.58 Å². The summed E-state index contributed by atoms with van der Waals surface area (Å²) in [6.07, 6.45) is -0.415. The molecule has 1 aromatic heterocycles. The molecular weight excluding hydrogens is 318 g/mol. The molecule has 8 heteroatoms.